The minimum absolute atomic E-state index is 0. The van der Waals surface area contributed by atoms with Crippen LogP contribution in [0.4, 0.5) is 0 Å². The maximum absolute atomic E-state index is 12.7. The van der Waals surface area contributed by atoms with Crippen LogP contribution in [0.15, 0.2) is 12.3 Å². The Morgan fingerprint density at radius 2 is 1.91 bits per heavy atom. The van der Waals surface area contributed by atoms with Crippen molar-refractivity contribution in [3.63, 3.8) is 0 Å². The predicted octanol–water partition coefficient (Wildman–Crippen LogP) is 1.41. The number of hydrogen-bond donors (Lipinski definition) is 1. The van der Waals surface area contributed by atoms with Crippen LogP contribution in [0.2, 0.25) is 0 Å². The minimum atomic E-state index is 0. The van der Waals surface area contributed by atoms with Crippen LogP contribution in [0.5, 0.6) is 0 Å². The van der Waals surface area contributed by atoms with Gasteiger partial charge in [0, 0.05) is 44.8 Å². The van der Waals surface area contributed by atoms with Crippen LogP contribution in [-0.4, -0.2) is 51.8 Å². The lowest BCUT2D eigenvalue weighted by Crippen LogP contribution is -2.31. The van der Waals surface area contributed by atoms with E-state index in [1.54, 1.807) is 10.9 Å². The lowest BCUT2D eigenvalue weighted by atomic mass is 10.0. The maximum atomic E-state index is 12.7. The molecule has 0 aromatic carbocycles. The van der Waals surface area contributed by atoms with E-state index in [1.165, 1.54) is 0 Å². The van der Waals surface area contributed by atoms with E-state index in [9.17, 15) is 4.79 Å². The molecule has 0 aliphatic carbocycles. The molecule has 23 heavy (non-hydrogen) atoms. The molecular formula is C15H21Cl2N5O. The lowest BCUT2D eigenvalue weighted by Gasteiger charge is -2.17. The molecular weight excluding hydrogens is 337 g/mol. The van der Waals surface area contributed by atoms with E-state index in [4.69, 9.17) is 0 Å². The summed E-state index contributed by atoms with van der Waals surface area (Å²) in [5.41, 5.74) is 2.41. The molecule has 0 spiro atoms. The van der Waals surface area contributed by atoms with Crippen LogP contribution in [0.1, 0.15) is 16.1 Å². The molecule has 2 aromatic rings. The highest BCUT2D eigenvalue weighted by atomic mass is 35.5. The molecule has 1 N–H and O–H groups in total. The monoisotopic (exact) mass is 357 g/mol. The van der Waals surface area contributed by atoms with E-state index in [-0.39, 0.29) is 30.7 Å². The Balaban J connectivity index is 0.000000960. The zero-order valence-corrected chi connectivity index (χ0v) is 14.8. The maximum Gasteiger partial charge on any atom is 0.255 e. The summed E-state index contributed by atoms with van der Waals surface area (Å²) in [6.45, 7) is 5.74. The molecule has 2 aromatic heterocycles. The summed E-state index contributed by atoms with van der Waals surface area (Å²) >= 11 is 0. The van der Waals surface area contributed by atoms with Gasteiger partial charge in [-0.25, -0.2) is 4.98 Å². The summed E-state index contributed by atoms with van der Waals surface area (Å²) in [7, 11) is 1.87. The molecule has 0 radical (unpaired) electrons. The Morgan fingerprint density at radius 1 is 1.26 bits per heavy atom. The Labute approximate surface area is 147 Å². The van der Waals surface area contributed by atoms with Crippen LogP contribution in [0.25, 0.3) is 11.0 Å². The summed E-state index contributed by atoms with van der Waals surface area (Å²) in [5, 5.41) is 8.71. The van der Waals surface area contributed by atoms with Crippen LogP contribution in [-0.2, 0) is 7.05 Å². The SMILES string of the molecule is Cc1nn(C)c2ncc(C(=O)N3C[C@H]4CNC[C@H]4C3)cc12.Cl.Cl. The summed E-state index contributed by atoms with van der Waals surface area (Å²) in [4.78, 5) is 19.1. The molecule has 2 aliphatic heterocycles. The Hall–Kier alpha value is -1.37. The standard InChI is InChI=1S/C15H19N5O.2ClH/c1-9-13-3-10(6-17-14(13)19(2)18-9)15(21)20-7-11-4-16-5-12(11)8-20;;/h3,6,11-12,16H,4-5,7-8H2,1-2H3;2*1H/t11-,12+;;. The number of carbonyl (C=O) groups excluding carboxylic acids is 1. The third-order valence-corrected chi connectivity index (χ3v) is 4.79. The van der Waals surface area contributed by atoms with E-state index in [1.807, 2.05) is 24.9 Å². The number of pyridine rings is 1. The van der Waals surface area contributed by atoms with Crippen molar-refractivity contribution in [1.82, 2.24) is 25.0 Å². The molecule has 0 saturated carbocycles. The third-order valence-electron chi connectivity index (χ3n) is 4.79. The van der Waals surface area contributed by atoms with Gasteiger partial charge in [-0.05, 0) is 24.8 Å². The second kappa shape index (κ2) is 6.63. The fourth-order valence-electron chi connectivity index (χ4n) is 3.63. The van der Waals surface area contributed by atoms with Crippen molar-refractivity contribution in [1.29, 1.82) is 0 Å². The van der Waals surface area contributed by atoms with Gasteiger partial charge in [0.05, 0.1) is 11.3 Å². The largest absolute Gasteiger partial charge is 0.338 e. The van der Waals surface area contributed by atoms with Gasteiger partial charge in [0.1, 0.15) is 0 Å². The van der Waals surface area contributed by atoms with Gasteiger partial charge in [0.2, 0.25) is 0 Å². The summed E-state index contributed by atoms with van der Waals surface area (Å²) < 4.78 is 1.75. The molecule has 4 rings (SSSR count). The molecule has 6 nitrogen and oxygen atoms in total. The second-order valence-electron chi connectivity index (χ2n) is 6.19. The highest BCUT2D eigenvalue weighted by molar-refractivity contribution is 5.97. The summed E-state index contributed by atoms with van der Waals surface area (Å²) in [6, 6.07) is 1.93. The first-order chi connectivity index (χ1) is 10.1. The smallest absolute Gasteiger partial charge is 0.255 e. The minimum Gasteiger partial charge on any atom is -0.338 e. The van der Waals surface area contributed by atoms with Crippen LogP contribution in [0.3, 0.4) is 0 Å². The molecule has 2 aliphatic rings. The summed E-state index contributed by atoms with van der Waals surface area (Å²) in [6.07, 6.45) is 1.68. The Kier molecular flexibility index (Phi) is 5.18. The molecule has 8 heteroatoms. The predicted molar refractivity (Wildman–Crippen MR) is 93.5 cm³/mol. The zero-order valence-electron chi connectivity index (χ0n) is 13.2. The average Bonchev–Trinajstić information content (AvgIpc) is 3.12. The quantitative estimate of drug-likeness (QED) is 0.837. The van der Waals surface area contributed by atoms with Crippen molar-refractivity contribution in [2.45, 2.75) is 6.92 Å². The molecule has 126 valence electrons. The van der Waals surface area contributed by atoms with E-state index >= 15 is 0 Å². The van der Waals surface area contributed by atoms with Crippen molar-refractivity contribution in [2.75, 3.05) is 26.2 Å². The van der Waals surface area contributed by atoms with Crippen molar-refractivity contribution in [3.8, 4) is 0 Å². The lowest BCUT2D eigenvalue weighted by molar-refractivity contribution is 0.0781. The van der Waals surface area contributed by atoms with E-state index < -0.39 is 0 Å². The number of rotatable bonds is 1. The second-order valence-corrected chi connectivity index (χ2v) is 6.19. The molecule has 1 amide bonds. The first-order valence-electron chi connectivity index (χ1n) is 7.43. The highest BCUT2D eigenvalue weighted by Crippen LogP contribution is 2.28. The van der Waals surface area contributed by atoms with Gasteiger partial charge < -0.3 is 10.2 Å². The van der Waals surface area contributed by atoms with Crippen LogP contribution >= 0.6 is 24.8 Å². The van der Waals surface area contributed by atoms with Gasteiger partial charge in [-0.15, -0.1) is 24.8 Å². The topological polar surface area (TPSA) is 63.1 Å². The van der Waals surface area contributed by atoms with Crippen LogP contribution in [0, 0.1) is 18.8 Å². The van der Waals surface area contributed by atoms with Gasteiger partial charge in [0.25, 0.3) is 5.91 Å². The van der Waals surface area contributed by atoms with Gasteiger partial charge in [-0.2, -0.15) is 5.10 Å². The fourth-order valence-corrected chi connectivity index (χ4v) is 3.63. The Morgan fingerprint density at radius 3 is 2.57 bits per heavy atom. The van der Waals surface area contributed by atoms with E-state index in [0.29, 0.717) is 17.4 Å². The number of aromatic nitrogens is 3. The first kappa shape index (κ1) is 18.0. The fraction of sp³-hybridized carbons (Fsp3) is 0.533. The number of likely N-dealkylation sites (tertiary alicyclic amines) is 1. The zero-order chi connectivity index (χ0) is 14.6. The number of aryl methyl sites for hydroxylation is 2. The number of carbonyl (C=O) groups is 1. The highest BCUT2D eigenvalue weighted by Gasteiger charge is 2.38. The van der Waals surface area contributed by atoms with E-state index in [0.717, 1.165) is 42.9 Å². The van der Waals surface area contributed by atoms with Gasteiger partial charge >= 0.3 is 0 Å². The van der Waals surface area contributed by atoms with Crippen molar-refractivity contribution in [2.24, 2.45) is 18.9 Å². The van der Waals surface area contributed by atoms with Gasteiger partial charge in [0.15, 0.2) is 5.65 Å². The number of hydrogen-bond acceptors (Lipinski definition) is 4. The summed E-state index contributed by atoms with van der Waals surface area (Å²) in [5.74, 6) is 1.33. The number of nitrogens with one attached hydrogen (secondary N) is 1. The van der Waals surface area contributed by atoms with Gasteiger partial charge in [-0.3, -0.25) is 9.48 Å². The molecule has 2 saturated heterocycles. The Bertz CT molecular complexity index is 720. The molecule has 0 bridgehead atoms. The first-order valence-corrected chi connectivity index (χ1v) is 7.43. The molecule has 0 unspecified atom stereocenters. The average molecular weight is 358 g/mol. The van der Waals surface area contributed by atoms with Crippen molar-refractivity contribution < 1.29 is 4.79 Å². The molecule has 2 fully saturated rings. The van der Waals surface area contributed by atoms with Gasteiger partial charge in [-0.1, -0.05) is 0 Å². The number of halogens is 2. The number of amides is 1. The number of fused-ring (bicyclic) bond motifs is 2. The van der Waals surface area contributed by atoms with Crippen LogP contribution < -0.4 is 5.32 Å². The third kappa shape index (κ3) is 2.91. The normalized spacial score (nSPS) is 22.6. The van der Waals surface area contributed by atoms with Crippen molar-refractivity contribution >= 4 is 41.8 Å². The number of nitrogens with zero attached hydrogens (tertiary/aromatic N) is 4. The van der Waals surface area contributed by atoms with E-state index in [2.05, 4.69) is 15.4 Å². The van der Waals surface area contributed by atoms with Crippen molar-refractivity contribution in [3.05, 3.63) is 23.5 Å². The molecule has 2 atom stereocenters. The molecule has 4 heterocycles.